The lowest BCUT2D eigenvalue weighted by Crippen LogP contribution is -2.35. The standard InChI is InChI=1S/C23H25N7O/c31-23(25-17-10-4-2-1-3-5-11-17)16-9-8-12-18(15-16)24-21-22-27-28-29-30(22)20-14-7-6-13-19(20)26-21/h6-9,12-15,17H,1-5,10-11H2,(H,24,26)(H,25,31). The molecular weight excluding hydrogens is 390 g/mol. The lowest BCUT2D eigenvalue weighted by atomic mass is 9.96. The molecule has 8 nitrogen and oxygen atoms in total. The average Bonchev–Trinajstić information content (AvgIpc) is 3.26. The van der Waals surface area contributed by atoms with Crippen molar-refractivity contribution in [3.8, 4) is 0 Å². The van der Waals surface area contributed by atoms with Crippen LogP contribution in [0.25, 0.3) is 16.7 Å². The van der Waals surface area contributed by atoms with Crippen LogP contribution < -0.4 is 10.6 Å². The number of hydrogen-bond donors (Lipinski definition) is 2. The lowest BCUT2D eigenvalue weighted by molar-refractivity contribution is 0.0930. The molecule has 8 heteroatoms. The Morgan fingerprint density at radius 1 is 0.968 bits per heavy atom. The van der Waals surface area contributed by atoms with Gasteiger partial charge in [0.1, 0.15) is 0 Å². The Balaban J connectivity index is 1.38. The van der Waals surface area contributed by atoms with Crippen LogP contribution in [0.4, 0.5) is 11.5 Å². The van der Waals surface area contributed by atoms with Crippen LogP contribution in [0.15, 0.2) is 48.5 Å². The molecule has 158 valence electrons. The van der Waals surface area contributed by atoms with E-state index in [0.717, 1.165) is 29.6 Å². The van der Waals surface area contributed by atoms with Crippen LogP contribution in [-0.2, 0) is 0 Å². The molecule has 1 saturated carbocycles. The minimum atomic E-state index is -0.0324. The van der Waals surface area contributed by atoms with E-state index in [1.165, 1.54) is 32.1 Å². The van der Waals surface area contributed by atoms with E-state index in [-0.39, 0.29) is 11.9 Å². The molecule has 1 amide bonds. The Hall–Kier alpha value is -3.55. The molecule has 0 bridgehead atoms. The number of fused-ring (bicyclic) bond motifs is 3. The van der Waals surface area contributed by atoms with Gasteiger partial charge in [0.2, 0.25) is 5.65 Å². The summed E-state index contributed by atoms with van der Waals surface area (Å²) in [6, 6.07) is 15.4. The van der Waals surface area contributed by atoms with Crippen molar-refractivity contribution in [2.45, 2.75) is 51.0 Å². The van der Waals surface area contributed by atoms with E-state index in [9.17, 15) is 4.79 Å². The monoisotopic (exact) mass is 415 g/mol. The maximum atomic E-state index is 12.9. The molecule has 2 aromatic heterocycles. The van der Waals surface area contributed by atoms with Crippen molar-refractivity contribution in [2.75, 3.05) is 5.32 Å². The van der Waals surface area contributed by atoms with Crippen molar-refractivity contribution in [3.63, 3.8) is 0 Å². The topological polar surface area (TPSA) is 97.1 Å². The van der Waals surface area contributed by atoms with Crippen molar-refractivity contribution < 1.29 is 4.79 Å². The first-order chi connectivity index (χ1) is 15.3. The van der Waals surface area contributed by atoms with Crippen molar-refractivity contribution >= 4 is 34.1 Å². The Labute approximate surface area is 180 Å². The second kappa shape index (κ2) is 8.67. The number of tetrazole rings is 1. The van der Waals surface area contributed by atoms with E-state index < -0.39 is 0 Å². The molecule has 2 aromatic carbocycles. The molecule has 5 rings (SSSR count). The first kappa shape index (κ1) is 19.4. The fourth-order valence-electron chi connectivity index (χ4n) is 4.23. The quantitative estimate of drug-likeness (QED) is 0.517. The normalized spacial score (nSPS) is 15.5. The Bertz CT molecular complexity index is 1210. The zero-order valence-electron chi connectivity index (χ0n) is 17.3. The molecule has 0 aliphatic heterocycles. The number of amides is 1. The smallest absolute Gasteiger partial charge is 0.251 e. The maximum Gasteiger partial charge on any atom is 0.251 e. The minimum absolute atomic E-state index is 0.0324. The highest BCUT2D eigenvalue weighted by Gasteiger charge is 2.16. The zero-order chi connectivity index (χ0) is 21.0. The number of nitrogens with one attached hydrogen (secondary N) is 2. The molecule has 0 spiro atoms. The van der Waals surface area contributed by atoms with Gasteiger partial charge in [0.05, 0.1) is 11.0 Å². The van der Waals surface area contributed by atoms with Crippen molar-refractivity contribution in [2.24, 2.45) is 0 Å². The van der Waals surface area contributed by atoms with Gasteiger partial charge in [-0.25, -0.2) is 4.98 Å². The van der Waals surface area contributed by atoms with Gasteiger partial charge in [0, 0.05) is 17.3 Å². The third-order valence-corrected chi connectivity index (χ3v) is 5.85. The number of carbonyl (C=O) groups is 1. The molecule has 0 atom stereocenters. The van der Waals surface area contributed by atoms with E-state index in [4.69, 9.17) is 0 Å². The van der Waals surface area contributed by atoms with Crippen LogP contribution in [-0.4, -0.2) is 37.0 Å². The van der Waals surface area contributed by atoms with Gasteiger partial charge in [0.25, 0.3) is 5.91 Å². The third kappa shape index (κ3) is 4.19. The molecule has 0 saturated heterocycles. The van der Waals surface area contributed by atoms with Crippen molar-refractivity contribution in [3.05, 3.63) is 54.1 Å². The van der Waals surface area contributed by atoms with Gasteiger partial charge in [-0.05, 0) is 53.6 Å². The number of anilines is 2. The maximum absolute atomic E-state index is 12.9. The van der Waals surface area contributed by atoms with Crippen molar-refractivity contribution in [1.29, 1.82) is 0 Å². The number of para-hydroxylation sites is 2. The SMILES string of the molecule is O=C(NC1CCCCCCC1)c1cccc(Nc2nc3ccccc3n3nnnc23)c1. The Kier molecular flexibility index (Phi) is 5.43. The minimum Gasteiger partial charge on any atom is -0.349 e. The van der Waals surface area contributed by atoms with Gasteiger partial charge in [0.15, 0.2) is 5.82 Å². The van der Waals surface area contributed by atoms with Gasteiger partial charge in [-0.15, -0.1) is 5.10 Å². The summed E-state index contributed by atoms with van der Waals surface area (Å²) < 4.78 is 1.66. The van der Waals surface area contributed by atoms with Crippen LogP contribution in [0, 0.1) is 0 Å². The molecule has 4 aromatic rings. The van der Waals surface area contributed by atoms with Crippen LogP contribution in [0.5, 0.6) is 0 Å². The second-order valence-electron chi connectivity index (χ2n) is 8.08. The Morgan fingerprint density at radius 3 is 2.65 bits per heavy atom. The van der Waals surface area contributed by atoms with E-state index >= 15 is 0 Å². The molecule has 0 radical (unpaired) electrons. The van der Waals surface area contributed by atoms with Gasteiger partial charge < -0.3 is 10.6 Å². The molecule has 1 fully saturated rings. The van der Waals surface area contributed by atoms with E-state index in [0.29, 0.717) is 17.0 Å². The van der Waals surface area contributed by atoms with E-state index in [1.54, 1.807) is 4.52 Å². The van der Waals surface area contributed by atoms with Crippen LogP contribution in [0.3, 0.4) is 0 Å². The molecular formula is C23H25N7O. The predicted molar refractivity (Wildman–Crippen MR) is 119 cm³/mol. The fourth-order valence-corrected chi connectivity index (χ4v) is 4.23. The van der Waals surface area contributed by atoms with E-state index in [1.807, 2.05) is 48.5 Å². The molecule has 2 heterocycles. The highest BCUT2D eigenvalue weighted by molar-refractivity contribution is 5.95. The number of nitrogens with zero attached hydrogens (tertiary/aromatic N) is 5. The molecule has 1 aliphatic carbocycles. The first-order valence-electron chi connectivity index (χ1n) is 10.9. The first-order valence-corrected chi connectivity index (χ1v) is 10.9. The largest absolute Gasteiger partial charge is 0.349 e. The number of carbonyl (C=O) groups excluding carboxylic acids is 1. The highest BCUT2D eigenvalue weighted by Crippen LogP contribution is 2.23. The summed E-state index contributed by atoms with van der Waals surface area (Å²) in [7, 11) is 0. The molecule has 31 heavy (non-hydrogen) atoms. The molecule has 2 N–H and O–H groups in total. The van der Waals surface area contributed by atoms with Gasteiger partial charge >= 0.3 is 0 Å². The number of aromatic nitrogens is 5. The lowest BCUT2D eigenvalue weighted by Gasteiger charge is -2.21. The summed E-state index contributed by atoms with van der Waals surface area (Å²) in [4.78, 5) is 17.6. The van der Waals surface area contributed by atoms with E-state index in [2.05, 4.69) is 31.1 Å². The summed E-state index contributed by atoms with van der Waals surface area (Å²) in [5, 5.41) is 18.5. The van der Waals surface area contributed by atoms with Gasteiger partial charge in [-0.1, -0.05) is 50.3 Å². The summed E-state index contributed by atoms with van der Waals surface area (Å²) in [6.45, 7) is 0. The number of hydrogen-bond acceptors (Lipinski definition) is 6. The van der Waals surface area contributed by atoms with Crippen LogP contribution >= 0.6 is 0 Å². The second-order valence-corrected chi connectivity index (χ2v) is 8.08. The molecule has 0 unspecified atom stereocenters. The number of rotatable bonds is 4. The van der Waals surface area contributed by atoms with Crippen molar-refractivity contribution in [1.82, 2.24) is 30.3 Å². The zero-order valence-corrected chi connectivity index (χ0v) is 17.3. The summed E-state index contributed by atoms with van der Waals surface area (Å²) in [6.07, 6.45) is 8.31. The van der Waals surface area contributed by atoms with Crippen LogP contribution in [0.2, 0.25) is 0 Å². The molecule has 1 aliphatic rings. The third-order valence-electron chi connectivity index (χ3n) is 5.85. The Morgan fingerprint density at radius 2 is 1.77 bits per heavy atom. The predicted octanol–water partition coefficient (Wildman–Crippen LogP) is 4.26. The summed E-state index contributed by atoms with van der Waals surface area (Å²) >= 11 is 0. The summed E-state index contributed by atoms with van der Waals surface area (Å²) in [5.41, 5.74) is 3.54. The number of benzene rings is 2. The highest BCUT2D eigenvalue weighted by atomic mass is 16.1. The van der Waals surface area contributed by atoms with Gasteiger partial charge in [-0.3, -0.25) is 4.79 Å². The fraction of sp³-hybridized carbons (Fsp3) is 0.348. The summed E-state index contributed by atoms with van der Waals surface area (Å²) in [5.74, 6) is 0.510. The average molecular weight is 416 g/mol. The van der Waals surface area contributed by atoms with Gasteiger partial charge in [-0.2, -0.15) is 4.52 Å². The van der Waals surface area contributed by atoms with Crippen LogP contribution in [0.1, 0.15) is 55.3 Å².